The number of H-pyrrole nitrogens is 1. The molecule has 0 aromatic carbocycles. The highest BCUT2D eigenvalue weighted by Gasteiger charge is 2.16. The van der Waals surface area contributed by atoms with Crippen LogP contribution in [-0.4, -0.2) is 20.9 Å². The summed E-state index contributed by atoms with van der Waals surface area (Å²) in [6.07, 6.45) is 1.63. The summed E-state index contributed by atoms with van der Waals surface area (Å²) in [5, 5.41) is 2.59. The second-order valence-corrected chi connectivity index (χ2v) is 3.52. The van der Waals surface area contributed by atoms with Gasteiger partial charge in [-0.15, -0.1) is 0 Å². The van der Waals surface area contributed by atoms with Gasteiger partial charge in [-0.25, -0.2) is 9.97 Å². The molecule has 0 bridgehead atoms. The molecule has 0 aliphatic rings. The average molecular weight is 220 g/mol. The zero-order valence-electron chi connectivity index (χ0n) is 9.29. The molecule has 0 atom stereocenters. The molecule has 16 heavy (non-hydrogen) atoms. The summed E-state index contributed by atoms with van der Waals surface area (Å²) in [6.45, 7) is 5.27. The van der Waals surface area contributed by atoms with Gasteiger partial charge in [0, 0.05) is 18.8 Å². The second kappa shape index (κ2) is 3.80. The topological polar surface area (TPSA) is 83.8 Å². The third-order valence-electron chi connectivity index (χ3n) is 2.04. The Morgan fingerprint density at radius 2 is 2.19 bits per heavy atom. The maximum Gasteiger partial charge on any atom is 0.295 e. The first kappa shape index (κ1) is 10.4. The second-order valence-electron chi connectivity index (χ2n) is 3.52. The number of hydrogen-bond acceptors (Lipinski definition) is 4. The Hall–Kier alpha value is -2.11. The van der Waals surface area contributed by atoms with E-state index in [1.165, 1.54) is 0 Å². The zero-order valence-corrected chi connectivity index (χ0v) is 9.29. The van der Waals surface area contributed by atoms with Crippen molar-refractivity contribution in [2.75, 3.05) is 5.32 Å². The number of oxazole rings is 1. The van der Waals surface area contributed by atoms with Crippen LogP contribution >= 0.6 is 0 Å². The van der Waals surface area contributed by atoms with Gasteiger partial charge in [0.2, 0.25) is 11.7 Å². The normalized spacial score (nSPS) is 10.4. The summed E-state index contributed by atoms with van der Waals surface area (Å²) < 4.78 is 5.19. The molecule has 0 aliphatic heterocycles. The highest BCUT2D eigenvalue weighted by Crippen LogP contribution is 2.11. The Bertz CT molecular complexity index is 527. The van der Waals surface area contributed by atoms with Crippen molar-refractivity contribution in [3.63, 3.8) is 0 Å². The van der Waals surface area contributed by atoms with Gasteiger partial charge in [-0.2, -0.15) is 0 Å². The van der Waals surface area contributed by atoms with Gasteiger partial charge in [-0.1, -0.05) is 0 Å². The smallest absolute Gasteiger partial charge is 0.295 e. The van der Waals surface area contributed by atoms with Gasteiger partial charge in [-0.05, 0) is 13.8 Å². The number of rotatable bonds is 2. The van der Waals surface area contributed by atoms with Gasteiger partial charge < -0.3 is 9.40 Å². The molecule has 0 saturated carbocycles. The number of amides is 1. The Labute approximate surface area is 92.1 Å². The SMILES string of the molecule is Cc1cnc(NC(=O)c2oc(C)nc2C)[nH]1. The molecular weight excluding hydrogens is 208 g/mol. The summed E-state index contributed by atoms with van der Waals surface area (Å²) in [5.41, 5.74) is 1.44. The number of carbonyl (C=O) groups is 1. The quantitative estimate of drug-likeness (QED) is 0.804. The first-order valence-electron chi connectivity index (χ1n) is 4.83. The molecule has 2 aromatic heterocycles. The predicted octanol–water partition coefficient (Wildman–Crippen LogP) is 1.58. The molecule has 2 aromatic rings. The molecule has 0 aliphatic carbocycles. The largest absolute Gasteiger partial charge is 0.436 e. The maximum absolute atomic E-state index is 11.8. The van der Waals surface area contributed by atoms with E-state index in [1.54, 1.807) is 20.0 Å². The number of nitrogens with one attached hydrogen (secondary N) is 2. The number of aromatic amines is 1. The number of imidazole rings is 1. The minimum absolute atomic E-state index is 0.214. The summed E-state index contributed by atoms with van der Waals surface area (Å²) in [4.78, 5) is 22.6. The number of carbonyl (C=O) groups excluding carboxylic acids is 1. The molecule has 84 valence electrons. The Kier molecular flexibility index (Phi) is 2.47. The third-order valence-corrected chi connectivity index (χ3v) is 2.04. The van der Waals surface area contributed by atoms with Crippen molar-refractivity contribution in [3.8, 4) is 0 Å². The maximum atomic E-state index is 11.8. The van der Waals surface area contributed by atoms with Crippen LogP contribution in [0.3, 0.4) is 0 Å². The van der Waals surface area contributed by atoms with E-state index in [1.807, 2.05) is 6.92 Å². The molecule has 0 fully saturated rings. The predicted molar refractivity (Wildman–Crippen MR) is 57.3 cm³/mol. The fraction of sp³-hybridized carbons (Fsp3) is 0.300. The van der Waals surface area contributed by atoms with Crippen molar-refractivity contribution in [2.45, 2.75) is 20.8 Å². The van der Waals surface area contributed by atoms with Crippen molar-refractivity contribution < 1.29 is 9.21 Å². The molecule has 2 N–H and O–H groups in total. The van der Waals surface area contributed by atoms with E-state index in [9.17, 15) is 4.79 Å². The molecule has 6 nitrogen and oxygen atoms in total. The van der Waals surface area contributed by atoms with Crippen LogP contribution in [0.4, 0.5) is 5.95 Å². The number of aryl methyl sites for hydroxylation is 3. The van der Waals surface area contributed by atoms with E-state index in [0.29, 0.717) is 17.5 Å². The number of anilines is 1. The van der Waals surface area contributed by atoms with Crippen LogP contribution in [0.15, 0.2) is 10.6 Å². The first-order chi connectivity index (χ1) is 7.56. The van der Waals surface area contributed by atoms with E-state index in [2.05, 4.69) is 20.3 Å². The molecule has 2 heterocycles. The third kappa shape index (κ3) is 1.95. The minimum atomic E-state index is -0.354. The molecular formula is C10H12N4O2. The van der Waals surface area contributed by atoms with Crippen LogP contribution in [0, 0.1) is 20.8 Å². The fourth-order valence-electron chi connectivity index (χ4n) is 1.38. The molecule has 6 heteroatoms. The van der Waals surface area contributed by atoms with Crippen molar-refractivity contribution in [1.29, 1.82) is 0 Å². The molecule has 0 radical (unpaired) electrons. The van der Waals surface area contributed by atoms with Crippen molar-refractivity contribution in [2.24, 2.45) is 0 Å². The van der Waals surface area contributed by atoms with Crippen LogP contribution < -0.4 is 5.32 Å². The van der Waals surface area contributed by atoms with Crippen LogP contribution in [0.5, 0.6) is 0 Å². The van der Waals surface area contributed by atoms with Crippen LogP contribution in [0.1, 0.15) is 27.8 Å². The summed E-state index contributed by atoms with van der Waals surface area (Å²) >= 11 is 0. The van der Waals surface area contributed by atoms with Crippen LogP contribution in [-0.2, 0) is 0 Å². The molecule has 0 saturated heterocycles. The molecule has 1 amide bonds. The van der Waals surface area contributed by atoms with Gasteiger partial charge in [0.05, 0.1) is 5.69 Å². The average Bonchev–Trinajstić information content (AvgIpc) is 2.73. The van der Waals surface area contributed by atoms with Crippen LogP contribution in [0.25, 0.3) is 0 Å². The van der Waals surface area contributed by atoms with Crippen molar-refractivity contribution in [3.05, 3.63) is 29.2 Å². The summed E-state index contributed by atoms with van der Waals surface area (Å²) in [7, 11) is 0. The summed E-state index contributed by atoms with van der Waals surface area (Å²) in [6, 6.07) is 0. The highest BCUT2D eigenvalue weighted by atomic mass is 16.4. The number of aromatic nitrogens is 3. The lowest BCUT2D eigenvalue weighted by molar-refractivity contribution is 0.0994. The minimum Gasteiger partial charge on any atom is -0.436 e. The number of hydrogen-bond donors (Lipinski definition) is 2. The zero-order chi connectivity index (χ0) is 11.7. The first-order valence-corrected chi connectivity index (χ1v) is 4.83. The van der Waals surface area contributed by atoms with Crippen molar-refractivity contribution >= 4 is 11.9 Å². The lowest BCUT2D eigenvalue weighted by Gasteiger charge is -1.98. The lowest BCUT2D eigenvalue weighted by atomic mass is 10.3. The Morgan fingerprint density at radius 1 is 1.44 bits per heavy atom. The van der Waals surface area contributed by atoms with Gasteiger partial charge >= 0.3 is 0 Å². The van der Waals surface area contributed by atoms with E-state index in [-0.39, 0.29) is 11.7 Å². The number of nitrogens with zero attached hydrogens (tertiary/aromatic N) is 2. The van der Waals surface area contributed by atoms with E-state index in [4.69, 9.17) is 4.42 Å². The molecule has 2 rings (SSSR count). The molecule has 0 unspecified atom stereocenters. The Balaban J connectivity index is 2.17. The highest BCUT2D eigenvalue weighted by molar-refractivity contribution is 6.01. The molecule has 0 spiro atoms. The van der Waals surface area contributed by atoms with Crippen LogP contribution in [0.2, 0.25) is 0 Å². The van der Waals surface area contributed by atoms with Gasteiger partial charge in [0.1, 0.15) is 0 Å². The van der Waals surface area contributed by atoms with E-state index < -0.39 is 0 Å². The van der Waals surface area contributed by atoms with Gasteiger partial charge in [0.15, 0.2) is 5.89 Å². The Morgan fingerprint density at radius 3 is 2.69 bits per heavy atom. The monoisotopic (exact) mass is 220 g/mol. The summed E-state index contributed by atoms with van der Waals surface area (Å²) in [5.74, 6) is 0.730. The lowest BCUT2D eigenvalue weighted by Crippen LogP contribution is -2.13. The standard InChI is InChI=1S/C10H12N4O2/c1-5-4-11-10(12-5)14-9(15)8-6(2)13-7(3)16-8/h4H,1-3H3,(H2,11,12,14,15). The van der Waals surface area contributed by atoms with Crippen molar-refractivity contribution in [1.82, 2.24) is 15.0 Å². The van der Waals surface area contributed by atoms with E-state index >= 15 is 0 Å². The van der Waals surface area contributed by atoms with Gasteiger partial charge in [-0.3, -0.25) is 10.1 Å². The van der Waals surface area contributed by atoms with E-state index in [0.717, 1.165) is 5.69 Å². The fourth-order valence-corrected chi connectivity index (χ4v) is 1.38. The van der Waals surface area contributed by atoms with Gasteiger partial charge in [0.25, 0.3) is 5.91 Å².